The lowest BCUT2D eigenvalue weighted by atomic mass is 10.1. The number of carbonyl (C=O) groups excluding carboxylic acids is 1. The summed E-state index contributed by atoms with van der Waals surface area (Å²) in [5, 5.41) is 7.73. The van der Waals surface area contributed by atoms with E-state index >= 15 is 0 Å². The minimum Gasteiger partial charge on any atom is -0.310 e. The Bertz CT molecular complexity index is 1100. The predicted molar refractivity (Wildman–Crippen MR) is 112 cm³/mol. The van der Waals surface area contributed by atoms with Crippen molar-refractivity contribution in [2.24, 2.45) is 0 Å². The molecule has 1 aliphatic rings. The second-order valence-electron chi connectivity index (χ2n) is 7.42. The summed E-state index contributed by atoms with van der Waals surface area (Å²) in [6.45, 7) is 6.10. The number of nitrogens with zero attached hydrogens (tertiary/aromatic N) is 2. The van der Waals surface area contributed by atoms with Crippen LogP contribution in [0.1, 0.15) is 33.5 Å². The number of anilines is 1. The Morgan fingerprint density at radius 3 is 2.64 bits per heavy atom. The van der Waals surface area contributed by atoms with Crippen molar-refractivity contribution in [3.8, 4) is 5.69 Å². The molecule has 5 nitrogen and oxygen atoms in total. The van der Waals surface area contributed by atoms with Crippen molar-refractivity contribution in [3.63, 3.8) is 0 Å². The third-order valence-corrected chi connectivity index (χ3v) is 6.16. The number of aromatic nitrogens is 2. The Kier molecular flexibility index (Phi) is 4.89. The molecule has 0 radical (unpaired) electrons. The fourth-order valence-corrected chi connectivity index (χ4v) is 4.92. The molecule has 0 fully saturated rings. The Hall–Kier alpha value is -2.73. The first-order valence-electron chi connectivity index (χ1n) is 9.29. The summed E-state index contributed by atoms with van der Waals surface area (Å²) in [7, 11) is -0.955. The Labute approximate surface area is 167 Å². The highest BCUT2D eigenvalue weighted by Gasteiger charge is 2.28. The summed E-state index contributed by atoms with van der Waals surface area (Å²) >= 11 is 0. The normalized spacial score (nSPS) is 15.5. The number of aryl methyl sites for hydroxylation is 3. The van der Waals surface area contributed by atoms with E-state index < -0.39 is 10.8 Å². The second-order valence-corrected chi connectivity index (χ2v) is 8.88. The molecule has 0 spiro atoms. The van der Waals surface area contributed by atoms with E-state index in [1.807, 2.05) is 57.2 Å². The minimum atomic E-state index is -0.955. The summed E-state index contributed by atoms with van der Waals surface area (Å²) in [6, 6.07) is 14.1. The average Bonchev–Trinajstić information content (AvgIpc) is 3.12. The zero-order chi connectivity index (χ0) is 19.8. The van der Waals surface area contributed by atoms with Crippen LogP contribution in [0.15, 0.2) is 42.5 Å². The summed E-state index contributed by atoms with van der Waals surface area (Å²) in [4.78, 5) is 12.8. The van der Waals surface area contributed by atoms with Crippen molar-refractivity contribution >= 4 is 22.5 Å². The molecule has 3 aromatic rings. The molecule has 1 amide bonds. The molecule has 4 rings (SSSR count). The van der Waals surface area contributed by atoms with Crippen LogP contribution < -0.4 is 5.32 Å². The standard InChI is InChI=1S/C22H23N3O2S/c1-14-5-4-6-17(10-14)11-21(26)23-22-18-12-28(27)13-19(18)24-25(22)20-8-7-15(2)9-16(20)3/h4-10H,11-13H2,1-3H3,(H,23,26)/t28-/m1/s1. The predicted octanol–water partition coefficient (Wildman–Crippen LogP) is 3.74. The number of hydrogen-bond acceptors (Lipinski definition) is 3. The second kappa shape index (κ2) is 7.36. The summed E-state index contributed by atoms with van der Waals surface area (Å²) < 4.78 is 13.8. The van der Waals surface area contributed by atoms with Crippen molar-refractivity contribution in [2.45, 2.75) is 38.7 Å². The molecule has 28 heavy (non-hydrogen) atoms. The molecule has 1 atom stereocenters. The van der Waals surface area contributed by atoms with Gasteiger partial charge in [0.05, 0.1) is 29.3 Å². The van der Waals surface area contributed by atoms with E-state index in [1.165, 1.54) is 5.56 Å². The zero-order valence-corrected chi connectivity index (χ0v) is 17.1. The van der Waals surface area contributed by atoms with Crippen LogP contribution in [0.25, 0.3) is 5.69 Å². The number of hydrogen-bond donors (Lipinski definition) is 1. The summed E-state index contributed by atoms with van der Waals surface area (Å²) in [5.41, 5.74) is 6.97. The topological polar surface area (TPSA) is 64.0 Å². The molecule has 0 saturated heterocycles. The van der Waals surface area contributed by atoms with Crippen LogP contribution in [0, 0.1) is 20.8 Å². The highest BCUT2D eigenvalue weighted by molar-refractivity contribution is 7.83. The lowest BCUT2D eigenvalue weighted by molar-refractivity contribution is -0.115. The van der Waals surface area contributed by atoms with Gasteiger partial charge in [-0.1, -0.05) is 47.5 Å². The van der Waals surface area contributed by atoms with Gasteiger partial charge in [-0.2, -0.15) is 5.10 Å². The van der Waals surface area contributed by atoms with E-state index in [4.69, 9.17) is 0 Å². The lowest BCUT2D eigenvalue weighted by Crippen LogP contribution is -2.18. The van der Waals surface area contributed by atoms with Crippen LogP contribution in [0.3, 0.4) is 0 Å². The maximum Gasteiger partial charge on any atom is 0.229 e. The first-order chi connectivity index (χ1) is 13.4. The Morgan fingerprint density at radius 1 is 1.11 bits per heavy atom. The fourth-order valence-electron chi connectivity index (χ4n) is 3.66. The number of amides is 1. The van der Waals surface area contributed by atoms with Crippen LogP contribution in [0.5, 0.6) is 0 Å². The van der Waals surface area contributed by atoms with Gasteiger partial charge in [-0.3, -0.25) is 9.00 Å². The number of nitrogens with one attached hydrogen (secondary N) is 1. The van der Waals surface area contributed by atoms with Gasteiger partial charge in [0.15, 0.2) is 0 Å². The summed E-state index contributed by atoms with van der Waals surface area (Å²) in [6.07, 6.45) is 0.289. The van der Waals surface area contributed by atoms with Crippen molar-refractivity contribution in [1.29, 1.82) is 0 Å². The van der Waals surface area contributed by atoms with Gasteiger partial charge in [0.2, 0.25) is 5.91 Å². The minimum absolute atomic E-state index is 0.100. The molecule has 2 heterocycles. The molecule has 2 aromatic carbocycles. The van der Waals surface area contributed by atoms with Crippen LogP contribution in [-0.2, 0) is 33.5 Å². The third-order valence-electron chi connectivity index (χ3n) is 4.96. The molecule has 144 valence electrons. The molecule has 0 bridgehead atoms. The molecular formula is C22H23N3O2S. The van der Waals surface area contributed by atoms with Crippen LogP contribution in [0.4, 0.5) is 5.82 Å². The smallest absolute Gasteiger partial charge is 0.229 e. The van der Waals surface area contributed by atoms with Gasteiger partial charge in [0.1, 0.15) is 5.82 Å². The molecular weight excluding hydrogens is 370 g/mol. The van der Waals surface area contributed by atoms with Crippen LogP contribution in [-0.4, -0.2) is 19.9 Å². The molecule has 1 aromatic heterocycles. The van der Waals surface area contributed by atoms with E-state index in [2.05, 4.69) is 16.5 Å². The van der Waals surface area contributed by atoms with E-state index in [9.17, 15) is 9.00 Å². The van der Waals surface area contributed by atoms with Crippen LogP contribution >= 0.6 is 0 Å². The van der Waals surface area contributed by atoms with E-state index in [1.54, 1.807) is 4.68 Å². The van der Waals surface area contributed by atoms with Gasteiger partial charge >= 0.3 is 0 Å². The maximum atomic E-state index is 12.8. The van der Waals surface area contributed by atoms with Gasteiger partial charge in [0, 0.05) is 16.4 Å². The number of carbonyl (C=O) groups is 1. The molecule has 0 unspecified atom stereocenters. The van der Waals surface area contributed by atoms with Crippen molar-refractivity contribution in [2.75, 3.05) is 5.32 Å². The maximum absolute atomic E-state index is 12.8. The first kappa shape index (κ1) is 18.6. The van der Waals surface area contributed by atoms with E-state index in [-0.39, 0.29) is 12.3 Å². The largest absolute Gasteiger partial charge is 0.310 e. The highest BCUT2D eigenvalue weighted by atomic mass is 32.2. The molecule has 6 heteroatoms. The van der Waals surface area contributed by atoms with Gasteiger partial charge in [-0.15, -0.1) is 0 Å². The number of rotatable bonds is 4. The number of fused-ring (bicyclic) bond motifs is 1. The van der Waals surface area contributed by atoms with Gasteiger partial charge in [-0.05, 0) is 38.0 Å². The summed E-state index contributed by atoms with van der Waals surface area (Å²) in [5.74, 6) is 1.41. The third kappa shape index (κ3) is 3.64. The average molecular weight is 394 g/mol. The van der Waals surface area contributed by atoms with Crippen LogP contribution in [0.2, 0.25) is 0 Å². The van der Waals surface area contributed by atoms with E-state index in [0.29, 0.717) is 17.3 Å². The van der Waals surface area contributed by atoms with Gasteiger partial charge in [-0.25, -0.2) is 4.68 Å². The van der Waals surface area contributed by atoms with Gasteiger partial charge in [0.25, 0.3) is 0 Å². The fraction of sp³-hybridized carbons (Fsp3) is 0.273. The van der Waals surface area contributed by atoms with Crippen molar-refractivity contribution in [1.82, 2.24) is 9.78 Å². The van der Waals surface area contributed by atoms with Crippen molar-refractivity contribution in [3.05, 3.63) is 76.0 Å². The van der Waals surface area contributed by atoms with E-state index in [0.717, 1.165) is 33.6 Å². The SMILES string of the molecule is Cc1cccc(CC(=O)Nc2c3c(nn2-c2ccc(C)cc2C)C[S@](=O)C3)c1. The first-order valence-corrected chi connectivity index (χ1v) is 10.8. The van der Waals surface area contributed by atoms with Crippen molar-refractivity contribution < 1.29 is 9.00 Å². The Balaban J connectivity index is 1.69. The highest BCUT2D eigenvalue weighted by Crippen LogP contribution is 2.32. The molecule has 0 saturated carbocycles. The Morgan fingerprint density at radius 2 is 1.89 bits per heavy atom. The monoisotopic (exact) mass is 393 g/mol. The number of benzene rings is 2. The molecule has 1 aliphatic heterocycles. The quantitative estimate of drug-likeness (QED) is 0.734. The zero-order valence-electron chi connectivity index (χ0n) is 16.3. The van der Waals surface area contributed by atoms with Gasteiger partial charge < -0.3 is 5.32 Å². The molecule has 1 N–H and O–H groups in total. The lowest BCUT2D eigenvalue weighted by Gasteiger charge is -2.13. The molecule has 0 aliphatic carbocycles.